The predicted octanol–water partition coefficient (Wildman–Crippen LogP) is 1.15. The number of halogens is 1. The highest BCUT2D eigenvalue weighted by atomic mass is 19.1. The first kappa shape index (κ1) is 18.1. The normalized spacial score (nSPS) is 16.3. The van der Waals surface area contributed by atoms with Crippen molar-refractivity contribution in [2.24, 2.45) is 0 Å². The number of hydrogen-bond acceptors (Lipinski definition) is 5. The van der Waals surface area contributed by atoms with Crippen molar-refractivity contribution in [3.63, 3.8) is 0 Å². The number of nitrogens with zero attached hydrogens (tertiary/aromatic N) is 3. The lowest BCUT2D eigenvalue weighted by molar-refractivity contribution is 0.0938. The average molecular weight is 359 g/mol. The zero-order valence-corrected chi connectivity index (χ0v) is 14.8. The largest absolute Gasteiger partial charge is 0.344 e. The van der Waals surface area contributed by atoms with E-state index in [-0.39, 0.29) is 11.1 Å². The number of likely N-dealkylation sites (N-methyl/N-ethyl adjacent to an activating group) is 1. The lowest BCUT2D eigenvalue weighted by atomic mass is 10.1. The number of hydrogen-bond donors (Lipinski definition) is 2. The molecule has 138 valence electrons. The fourth-order valence-electron chi connectivity index (χ4n) is 2.84. The van der Waals surface area contributed by atoms with Crippen molar-refractivity contribution in [2.75, 3.05) is 38.1 Å². The third kappa shape index (κ3) is 4.26. The Hall–Kier alpha value is -2.74. The van der Waals surface area contributed by atoms with Gasteiger partial charge in [0.15, 0.2) is 0 Å². The zero-order chi connectivity index (χ0) is 18.7. The molecular weight excluding hydrogens is 337 g/mol. The molecule has 0 saturated carbocycles. The summed E-state index contributed by atoms with van der Waals surface area (Å²) in [4.78, 5) is 35.8. The Kier molecular flexibility index (Phi) is 5.32. The third-order valence-corrected chi connectivity index (χ3v) is 4.43. The minimum Gasteiger partial charge on any atom is -0.344 e. The van der Waals surface area contributed by atoms with Crippen molar-refractivity contribution in [3.05, 3.63) is 57.8 Å². The molecule has 2 heterocycles. The molecule has 0 spiro atoms. The number of aromatic nitrogens is 2. The molecule has 1 aromatic heterocycles. The number of amides is 1. The van der Waals surface area contributed by atoms with Crippen molar-refractivity contribution >= 4 is 11.9 Å². The number of rotatable bonds is 4. The van der Waals surface area contributed by atoms with Crippen LogP contribution in [-0.2, 0) is 0 Å². The molecule has 2 aromatic rings. The molecule has 26 heavy (non-hydrogen) atoms. The van der Waals surface area contributed by atoms with E-state index in [0.717, 1.165) is 26.2 Å². The van der Waals surface area contributed by atoms with Gasteiger partial charge in [-0.15, -0.1) is 0 Å². The summed E-state index contributed by atoms with van der Waals surface area (Å²) in [5, 5.41) is 2.76. The van der Waals surface area contributed by atoms with Gasteiger partial charge in [-0.2, -0.15) is 0 Å². The highest BCUT2D eigenvalue weighted by Gasteiger charge is 2.19. The van der Waals surface area contributed by atoms with E-state index < -0.39 is 17.8 Å². The Morgan fingerprint density at radius 2 is 2.00 bits per heavy atom. The van der Waals surface area contributed by atoms with Crippen LogP contribution in [0.2, 0.25) is 0 Å². The molecule has 8 heteroatoms. The molecule has 1 aliphatic heterocycles. The second kappa shape index (κ2) is 7.65. The van der Waals surface area contributed by atoms with Crippen LogP contribution >= 0.6 is 0 Å². The number of anilines is 1. The second-order valence-electron chi connectivity index (χ2n) is 6.49. The molecular formula is C18H22FN5O2. The van der Waals surface area contributed by atoms with Crippen LogP contribution in [0.25, 0.3) is 0 Å². The van der Waals surface area contributed by atoms with Crippen LogP contribution in [0.3, 0.4) is 0 Å². The van der Waals surface area contributed by atoms with E-state index in [2.05, 4.69) is 20.2 Å². The maximum absolute atomic E-state index is 13.3. The minimum atomic E-state index is -0.487. The van der Waals surface area contributed by atoms with Gasteiger partial charge in [0.05, 0.1) is 11.7 Å². The van der Waals surface area contributed by atoms with Crippen LogP contribution in [0, 0.1) is 5.82 Å². The molecule has 7 nitrogen and oxygen atoms in total. The van der Waals surface area contributed by atoms with Gasteiger partial charge in [0.1, 0.15) is 5.82 Å². The second-order valence-corrected chi connectivity index (χ2v) is 6.49. The van der Waals surface area contributed by atoms with Gasteiger partial charge < -0.3 is 15.1 Å². The van der Waals surface area contributed by atoms with Crippen LogP contribution in [0.15, 0.2) is 35.1 Å². The van der Waals surface area contributed by atoms with Crippen molar-refractivity contribution < 1.29 is 9.18 Å². The summed E-state index contributed by atoms with van der Waals surface area (Å²) in [5.74, 6) is -0.385. The standard InChI is InChI=1S/C18H22FN5O2/c1-12(20-17(26)13-4-3-5-14(19)10-13)15-11-16(25)22-18(21-15)24-8-6-23(2)7-9-24/h3-5,10-12H,6-9H2,1-2H3,(H,20,26)(H,21,22,25). The molecule has 1 atom stereocenters. The van der Waals surface area contributed by atoms with E-state index in [0.29, 0.717) is 11.6 Å². The molecule has 1 amide bonds. The van der Waals surface area contributed by atoms with E-state index in [1.165, 1.54) is 30.3 Å². The summed E-state index contributed by atoms with van der Waals surface area (Å²) in [7, 11) is 2.05. The summed E-state index contributed by atoms with van der Waals surface area (Å²) in [5.41, 5.74) is 0.421. The number of carbonyl (C=O) groups is 1. The van der Waals surface area contributed by atoms with Crippen molar-refractivity contribution in [3.8, 4) is 0 Å². The average Bonchev–Trinajstić information content (AvgIpc) is 2.61. The first-order valence-electron chi connectivity index (χ1n) is 8.53. The SMILES string of the molecule is CC(NC(=O)c1cccc(F)c1)c1cc(=O)[nH]c(N2CCN(C)CC2)n1. The quantitative estimate of drug-likeness (QED) is 0.856. The van der Waals surface area contributed by atoms with Gasteiger partial charge in [-0.05, 0) is 32.2 Å². The van der Waals surface area contributed by atoms with Gasteiger partial charge in [-0.1, -0.05) is 6.07 Å². The Morgan fingerprint density at radius 1 is 1.27 bits per heavy atom. The molecule has 0 aliphatic carbocycles. The molecule has 3 rings (SSSR count). The van der Waals surface area contributed by atoms with Gasteiger partial charge >= 0.3 is 0 Å². The summed E-state index contributed by atoms with van der Waals surface area (Å²) in [6, 6.07) is 6.34. The Morgan fingerprint density at radius 3 is 2.69 bits per heavy atom. The third-order valence-electron chi connectivity index (χ3n) is 4.43. The van der Waals surface area contributed by atoms with Crippen LogP contribution in [0.4, 0.5) is 10.3 Å². The van der Waals surface area contributed by atoms with E-state index in [9.17, 15) is 14.0 Å². The first-order valence-corrected chi connectivity index (χ1v) is 8.53. The highest BCUT2D eigenvalue weighted by molar-refractivity contribution is 5.94. The maximum atomic E-state index is 13.3. The van der Waals surface area contributed by atoms with E-state index >= 15 is 0 Å². The summed E-state index contributed by atoms with van der Waals surface area (Å²) >= 11 is 0. The van der Waals surface area contributed by atoms with Crippen LogP contribution < -0.4 is 15.8 Å². The maximum Gasteiger partial charge on any atom is 0.252 e. The molecule has 0 bridgehead atoms. The fourth-order valence-corrected chi connectivity index (χ4v) is 2.84. The van der Waals surface area contributed by atoms with Crippen LogP contribution in [0.5, 0.6) is 0 Å². The van der Waals surface area contributed by atoms with Gasteiger partial charge in [0.25, 0.3) is 11.5 Å². The van der Waals surface area contributed by atoms with Gasteiger partial charge in [0, 0.05) is 37.8 Å². The Bertz CT molecular complexity index is 845. The van der Waals surface area contributed by atoms with Crippen LogP contribution in [0.1, 0.15) is 29.0 Å². The smallest absolute Gasteiger partial charge is 0.252 e. The molecule has 1 saturated heterocycles. The number of aromatic amines is 1. The van der Waals surface area contributed by atoms with Gasteiger partial charge in [0.2, 0.25) is 5.95 Å². The Labute approximate surface area is 150 Å². The highest BCUT2D eigenvalue weighted by Crippen LogP contribution is 2.14. The van der Waals surface area contributed by atoms with Crippen molar-refractivity contribution in [2.45, 2.75) is 13.0 Å². The van der Waals surface area contributed by atoms with Gasteiger partial charge in [-0.25, -0.2) is 9.37 Å². The lowest BCUT2D eigenvalue weighted by Gasteiger charge is -2.32. The number of carbonyl (C=O) groups excluding carboxylic acids is 1. The number of nitrogens with one attached hydrogen (secondary N) is 2. The molecule has 1 aromatic carbocycles. The number of H-pyrrole nitrogens is 1. The minimum absolute atomic E-state index is 0.223. The molecule has 1 fully saturated rings. The molecule has 1 unspecified atom stereocenters. The van der Waals surface area contributed by atoms with Crippen LogP contribution in [-0.4, -0.2) is 54.0 Å². The van der Waals surface area contributed by atoms with Crippen molar-refractivity contribution in [1.29, 1.82) is 0 Å². The van der Waals surface area contributed by atoms with E-state index in [1.807, 2.05) is 11.9 Å². The lowest BCUT2D eigenvalue weighted by Crippen LogP contribution is -2.45. The molecule has 0 radical (unpaired) electrons. The molecule has 1 aliphatic rings. The summed E-state index contributed by atoms with van der Waals surface area (Å²) in [6.45, 7) is 5.06. The van der Waals surface area contributed by atoms with Gasteiger partial charge in [-0.3, -0.25) is 14.6 Å². The summed E-state index contributed by atoms with van der Waals surface area (Å²) in [6.07, 6.45) is 0. The monoisotopic (exact) mass is 359 g/mol. The number of benzene rings is 1. The van der Waals surface area contributed by atoms with E-state index in [4.69, 9.17) is 0 Å². The summed E-state index contributed by atoms with van der Waals surface area (Å²) < 4.78 is 13.3. The van der Waals surface area contributed by atoms with E-state index in [1.54, 1.807) is 6.92 Å². The predicted molar refractivity (Wildman–Crippen MR) is 96.8 cm³/mol. The Balaban J connectivity index is 1.75. The zero-order valence-electron chi connectivity index (χ0n) is 14.8. The fraction of sp³-hybridized carbons (Fsp3) is 0.389. The molecule has 2 N–H and O–H groups in total. The first-order chi connectivity index (χ1) is 12.4. The topological polar surface area (TPSA) is 81.3 Å². The number of piperazine rings is 1. The van der Waals surface area contributed by atoms with Crippen molar-refractivity contribution in [1.82, 2.24) is 20.2 Å².